The van der Waals surface area contributed by atoms with Gasteiger partial charge in [-0.05, 0) is 52.7 Å². The summed E-state index contributed by atoms with van der Waals surface area (Å²) in [6.45, 7) is 13.8. The van der Waals surface area contributed by atoms with Crippen LogP contribution in [0, 0.1) is 6.92 Å². The summed E-state index contributed by atoms with van der Waals surface area (Å²) in [6.07, 6.45) is 2.92. The number of halogens is 1. The Labute approximate surface area is 164 Å². The molecule has 1 rings (SSSR count). The Morgan fingerprint density at radius 1 is 1.21 bits per heavy atom. The number of guanidine groups is 1. The van der Waals surface area contributed by atoms with Crippen molar-refractivity contribution in [2.45, 2.75) is 59.7 Å². The summed E-state index contributed by atoms with van der Waals surface area (Å²) in [5.74, 6) is 0.829. The monoisotopic (exact) mass is 447 g/mol. The minimum absolute atomic E-state index is 0. The third kappa shape index (κ3) is 8.28. The molecule has 0 spiro atoms. The second-order valence-corrected chi connectivity index (χ2v) is 6.40. The smallest absolute Gasteiger partial charge is 0.191 e. The largest absolute Gasteiger partial charge is 0.356 e. The van der Waals surface area contributed by atoms with E-state index in [0.29, 0.717) is 18.6 Å². The standard InChI is InChI=1S/C18H33N5.HI/c1-14(2)23(15(3)4)12-8-11-21-18(19-6)22-13-17-16(5)9-7-10-20-17;/h7,9-10,14-15H,8,11-13H2,1-6H3,(H2,19,21,22);1H. The van der Waals surface area contributed by atoms with Gasteiger partial charge in [-0.1, -0.05) is 6.07 Å². The highest BCUT2D eigenvalue weighted by atomic mass is 127. The summed E-state index contributed by atoms with van der Waals surface area (Å²) in [4.78, 5) is 11.2. The van der Waals surface area contributed by atoms with Crippen LogP contribution in [0.25, 0.3) is 0 Å². The molecule has 0 unspecified atom stereocenters. The molecule has 0 saturated heterocycles. The second-order valence-electron chi connectivity index (χ2n) is 6.40. The summed E-state index contributed by atoms with van der Waals surface area (Å²) in [5.41, 5.74) is 2.25. The highest BCUT2D eigenvalue weighted by Gasteiger charge is 2.12. The zero-order valence-corrected chi connectivity index (χ0v) is 18.3. The quantitative estimate of drug-likeness (QED) is 0.278. The zero-order chi connectivity index (χ0) is 17.2. The Morgan fingerprint density at radius 2 is 1.88 bits per heavy atom. The zero-order valence-electron chi connectivity index (χ0n) is 16.0. The summed E-state index contributed by atoms with van der Waals surface area (Å²) in [6, 6.07) is 5.20. The minimum Gasteiger partial charge on any atom is -0.356 e. The van der Waals surface area contributed by atoms with Gasteiger partial charge in [0.05, 0.1) is 12.2 Å². The number of rotatable bonds is 8. The lowest BCUT2D eigenvalue weighted by Gasteiger charge is -2.30. The van der Waals surface area contributed by atoms with Crippen LogP contribution in [0.5, 0.6) is 0 Å². The van der Waals surface area contributed by atoms with Crippen LogP contribution in [-0.4, -0.2) is 48.1 Å². The van der Waals surface area contributed by atoms with E-state index in [0.717, 1.165) is 31.2 Å². The molecular formula is C18H34IN5. The van der Waals surface area contributed by atoms with E-state index >= 15 is 0 Å². The number of aliphatic imine (C=N–C) groups is 1. The molecule has 0 aliphatic rings. The van der Waals surface area contributed by atoms with E-state index in [-0.39, 0.29) is 24.0 Å². The van der Waals surface area contributed by atoms with Gasteiger partial charge in [0, 0.05) is 38.4 Å². The van der Waals surface area contributed by atoms with Crippen LogP contribution in [0.4, 0.5) is 0 Å². The summed E-state index contributed by atoms with van der Waals surface area (Å²) in [5, 5.41) is 6.70. The predicted octanol–water partition coefficient (Wildman–Crippen LogP) is 3.18. The van der Waals surface area contributed by atoms with Crippen LogP contribution in [0.2, 0.25) is 0 Å². The molecule has 0 atom stereocenters. The Kier molecular flexibility index (Phi) is 12.0. The van der Waals surface area contributed by atoms with E-state index < -0.39 is 0 Å². The fourth-order valence-corrected chi connectivity index (χ4v) is 2.67. The highest BCUT2D eigenvalue weighted by molar-refractivity contribution is 14.0. The fraction of sp³-hybridized carbons (Fsp3) is 0.667. The molecule has 24 heavy (non-hydrogen) atoms. The van der Waals surface area contributed by atoms with Gasteiger partial charge >= 0.3 is 0 Å². The van der Waals surface area contributed by atoms with Crippen LogP contribution < -0.4 is 10.6 Å². The van der Waals surface area contributed by atoms with Gasteiger partial charge in [-0.15, -0.1) is 24.0 Å². The number of hydrogen-bond donors (Lipinski definition) is 2. The van der Waals surface area contributed by atoms with Gasteiger partial charge in [-0.25, -0.2) is 0 Å². The van der Waals surface area contributed by atoms with Crippen molar-refractivity contribution in [3.8, 4) is 0 Å². The van der Waals surface area contributed by atoms with Crippen molar-refractivity contribution in [2.24, 2.45) is 4.99 Å². The molecule has 0 saturated carbocycles. The summed E-state index contributed by atoms with van der Waals surface area (Å²) < 4.78 is 0. The van der Waals surface area contributed by atoms with Crippen LogP contribution in [0.3, 0.4) is 0 Å². The van der Waals surface area contributed by atoms with Crippen molar-refractivity contribution in [1.29, 1.82) is 0 Å². The van der Waals surface area contributed by atoms with Gasteiger partial charge in [0.25, 0.3) is 0 Å². The van der Waals surface area contributed by atoms with E-state index in [1.807, 2.05) is 12.3 Å². The number of aromatic nitrogens is 1. The molecule has 1 aromatic heterocycles. The molecule has 0 bridgehead atoms. The SMILES string of the molecule is CN=C(NCCCN(C(C)C)C(C)C)NCc1ncccc1C.I. The lowest BCUT2D eigenvalue weighted by atomic mass is 10.2. The normalized spacial score (nSPS) is 11.8. The molecule has 0 fully saturated rings. The van der Waals surface area contributed by atoms with E-state index in [4.69, 9.17) is 0 Å². The van der Waals surface area contributed by atoms with Crippen LogP contribution in [-0.2, 0) is 6.54 Å². The first-order valence-corrected chi connectivity index (χ1v) is 8.56. The molecule has 0 radical (unpaired) electrons. The predicted molar refractivity (Wildman–Crippen MR) is 114 cm³/mol. The maximum Gasteiger partial charge on any atom is 0.191 e. The van der Waals surface area contributed by atoms with Gasteiger partial charge in [0.15, 0.2) is 5.96 Å². The number of nitrogens with one attached hydrogen (secondary N) is 2. The molecule has 0 amide bonds. The average Bonchev–Trinajstić information content (AvgIpc) is 2.50. The van der Waals surface area contributed by atoms with Crippen molar-refractivity contribution >= 4 is 29.9 Å². The average molecular weight is 447 g/mol. The van der Waals surface area contributed by atoms with Crippen molar-refractivity contribution in [3.63, 3.8) is 0 Å². The van der Waals surface area contributed by atoms with E-state index in [1.165, 1.54) is 5.56 Å². The van der Waals surface area contributed by atoms with Crippen molar-refractivity contribution in [1.82, 2.24) is 20.5 Å². The topological polar surface area (TPSA) is 52.6 Å². The Hall–Kier alpha value is -0.890. The lowest BCUT2D eigenvalue weighted by Crippen LogP contribution is -2.41. The first-order valence-electron chi connectivity index (χ1n) is 8.56. The van der Waals surface area contributed by atoms with Gasteiger partial charge in [0.1, 0.15) is 0 Å². The lowest BCUT2D eigenvalue weighted by molar-refractivity contribution is 0.173. The van der Waals surface area contributed by atoms with Crippen LogP contribution in [0.1, 0.15) is 45.4 Å². The van der Waals surface area contributed by atoms with Crippen LogP contribution in [0.15, 0.2) is 23.3 Å². The molecular weight excluding hydrogens is 413 g/mol. The maximum atomic E-state index is 4.39. The van der Waals surface area contributed by atoms with Crippen molar-refractivity contribution < 1.29 is 0 Å². The summed E-state index contributed by atoms with van der Waals surface area (Å²) in [7, 11) is 1.80. The molecule has 6 heteroatoms. The Morgan fingerprint density at radius 3 is 2.42 bits per heavy atom. The maximum absolute atomic E-state index is 4.39. The molecule has 0 aromatic carbocycles. The van der Waals surface area contributed by atoms with Gasteiger partial charge < -0.3 is 10.6 Å². The molecule has 2 N–H and O–H groups in total. The van der Waals surface area contributed by atoms with Crippen molar-refractivity contribution in [3.05, 3.63) is 29.6 Å². The van der Waals surface area contributed by atoms with Gasteiger partial charge in [-0.3, -0.25) is 14.9 Å². The molecule has 138 valence electrons. The number of nitrogens with zero attached hydrogens (tertiary/aromatic N) is 3. The second kappa shape index (κ2) is 12.5. The number of aryl methyl sites for hydroxylation is 1. The Bertz CT molecular complexity index is 480. The number of pyridine rings is 1. The minimum atomic E-state index is 0. The first kappa shape index (κ1) is 23.1. The van der Waals surface area contributed by atoms with Gasteiger partial charge in [0.2, 0.25) is 0 Å². The highest BCUT2D eigenvalue weighted by Crippen LogP contribution is 2.05. The third-order valence-electron chi connectivity index (χ3n) is 3.98. The van der Waals surface area contributed by atoms with E-state index in [9.17, 15) is 0 Å². The van der Waals surface area contributed by atoms with E-state index in [2.05, 4.69) is 66.2 Å². The van der Waals surface area contributed by atoms with E-state index in [1.54, 1.807) is 7.05 Å². The third-order valence-corrected chi connectivity index (χ3v) is 3.98. The molecule has 5 nitrogen and oxygen atoms in total. The molecule has 0 aliphatic heterocycles. The Balaban J connectivity index is 0.00000529. The van der Waals surface area contributed by atoms with Crippen molar-refractivity contribution in [2.75, 3.05) is 20.1 Å². The number of hydrogen-bond acceptors (Lipinski definition) is 3. The molecule has 1 aromatic rings. The molecule has 0 aliphatic carbocycles. The first-order chi connectivity index (χ1) is 11.0. The fourth-order valence-electron chi connectivity index (χ4n) is 2.67. The van der Waals surface area contributed by atoms with Crippen LogP contribution >= 0.6 is 24.0 Å². The molecule has 1 heterocycles. The summed E-state index contributed by atoms with van der Waals surface area (Å²) >= 11 is 0. The van der Waals surface area contributed by atoms with Gasteiger partial charge in [-0.2, -0.15) is 0 Å².